The maximum atomic E-state index is 13.8. The number of anilines is 1. The Balaban J connectivity index is 1.24. The topological polar surface area (TPSA) is 126 Å². The molecule has 3 aliphatic heterocycles. The molecule has 3 aliphatic rings. The molecule has 1 fully saturated rings. The Morgan fingerprint density at radius 2 is 2.00 bits per heavy atom. The van der Waals surface area contributed by atoms with E-state index in [1.54, 1.807) is 18.2 Å². The predicted octanol–water partition coefficient (Wildman–Crippen LogP) is 3.11. The second kappa shape index (κ2) is 8.54. The minimum absolute atomic E-state index is 0.0108. The fraction of sp³-hybridized carbons (Fsp3) is 0.321. The molecule has 0 radical (unpaired) electrons. The van der Waals surface area contributed by atoms with Gasteiger partial charge >= 0.3 is 0 Å². The number of hydrogen-bond acceptors (Lipinski definition) is 6. The molecule has 0 spiro atoms. The summed E-state index contributed by atoms with van der Waals surface area (Å²) in [4.78, 5) is 47.7. The molecule has 2 bridgehead atoms. The smallest absolute Gasteiger partial charge is 0.269 e. The Morgan fingerprint density at radius 3 is 2.84 bits per heavy atom. The van der Waals surface area contributed by atoms with Crippen LogP contribution in [0, 0.1) is 22.0 Å². The Hall–Kier alpha value is -4.47. The first-order chi connectivity index (χ1) is 18.5. The summed E-state index contributed by atoms with van der Waals surface area (Å²) in [6.07, 6.45) is 1.31. The van der Waals surface area contributed by atoms with Crippen molar-refractivity contribution in [1.29, 1.82) is 0 Å². The van der Waals surface area contributed by atoms with Crippen LogP contribution in [0.1, 0.15) is 29.4 Å². The number of carbonyl (C=O) groups excluding carboxylic acids is 1. The molecule has 7 rings (SSSR count). The molecule has 4 aromatic rings. The Bertz CT molecular complexity index is 1630. The highest BCUT2D eigenvalue weighted by Gasteiger charge is 2.49. The molecule has 5 heterocycles. The number of piperidine rings is 1. The predicted molar refractivity (Wildman–Crippen MR) is 141 cm³/mol. The van der Waals surface area contributed by atoms with Crippen molar-refractivity contribution in [3.63, 3.8) is 0 Å². The number of aromatic nitrogens is 3. The van der Waals surface area contributed by atoms with E-state index in [0.717, 1.165) is 34.4 Å². The van der Waals surface area contributed by atoms with Crippen molar-refractivity contribution in [2.24, 2.45) is 11.8 Å². The van der Waals surface area contributed by atoms with Gasteiger partial charge in [-0.1, -0.05) is 18.2 Å². The van der Waals surface area contributed by atoms with Gasteiger partial charge < -0.3 is 19.8 Å². The van der Waals surface area contributed by atoms with Gasteiger partial charge in [-0.2, -0.15) is 0 Å². The summed E-state index contributed by atoms with van der Waals surface area (Å²) < 4.78 is 1.87. The molecule has 2 aromatic heterocycles. The fourth-order valence-corrected chi connectivity index (χ4v) is 6.84. The quantitative estimate of drug-likeness (QED) is 0.321. The highest BCUT2D eigenvalue weighted by atomic mass is 16.6. The molecule has 0 aliphatic carbocycles. The van der Waals surface area contributed by atoms with Crippen molar-refractivity contribution in [3.8, 4) is 0 Å². The van der Waals surface area contributed by atoms with Crippen LogP contribution in [0.2, 0.25) is 0 Å². The van der Waals surface area contributed by atoms with Gasteiger partial charge in [0.1, 0.15) is 5.82 Å². The first kappa shape index (κ1) is 22.7. The number of hydrogen-bond donors (Lipinski definition) is 2. The molecular formula is C28H26N6O4. The summed E-state index contributed by atoms with van der Waals surface area (Å²) in [6.45, 7) is 1.47. The number of nitrogens with one attached hydrogen (secondary N) is 2. The van der Waals surface area contributed by atoms with E-state index in [1.807, 2.05) is 47.0 Å². The number of pyridine rings is 1. The number of benzene rings is 2. The maximum absolute atomic E-state index is 13.8. The van der Waals surface area contributed by atoms with E-state index in [-0.39, 0.29) is 41.6 Å². The van der Waals surface area contributed by atoms with Gasteiger partial charge in [0.05, 0.1) is 28.4 Å². The van der Waals surface area contributed by atoms with Crippen LogP contribution >= 0.6 is 0 Å². The van der Waals surface area contributed by atoms with Crippen LogP contribution in [0.3, 0.4) is 0 Å². The van der Waals surface area contributed by atoms with Crippen LogP contribution in [-0.4, -0.2) is 38.0 Å². The first-order valence-electron chi connectivity index (χ1n) is 12.9. The number of fused-ring (bicyclic) bond motifs is 9. The van der Waals surface area contributed by atoms with Crippen molar-refractivity contribution in [2.75, 3.05) is 11.4 Å². The third kappa shape index (κ3) is 3.59. The number of imidazole rings is 1. The Kier molecular flexibility index (Phi) is 5.10. The van der Waals surface area contributed by atoms with Gasteiger partial charge in [-0.25, -0.2) is 4.98 Å². The number of nitrogens with zero attached hydrogens (tertiary/aromatic N) is 4. The lowest BCUT2D eigenvalue weighted by Gasteiger charge is -2.54. The molecular weight excluding hydrogens is 484 g/mol. The zero-order valence-corrected chi connectivity index (χ0v) is 20.5. The van der Waals surface area contributed by atoms with Gasteiger partial charge in [0.15, 0.2) is 0 Å². The van der Waals surface area contributed by atoms with Gasteiger partial charge in [0.2, 0.25) is 5.91 Å². The average molecular weight is 511 g/mol. The van der Waals surface area contributed by atoms with Crippen molar-refractivity contribution in [3.05, 3.63) is 98.2 Å². The molecule has 2 N–H and O–H groups in total. The molecule has 2 aromatic carbocycles. The van der Waals surface area contributed by atoms with Gasteiger partial charge in [-0.15, -0.1) is 0 Å². The summed E-state index contributed by atoms with van der Waals surface area (Å²) >= 11 is 0. The standard InChI is InChI=1S/C28H26N6O4/c35-26-7-3-6-23-17-10-18(15-32(23)26)27-20(12-16-11-19(34(37)38)8-9-24(16)33(27)14-17)28(36)29-13-25-30-21-4-1-2-5-22(21)31-25/h1-9,11,17-18,20,27H,10,12-15H2,(H,29,36)(H,30,31)/t17?,18?,20-,27+/m1/s1. The van der Waals surface area contributed by atoms with E-state index in [4.69, 9.17) is 0 Å². The number of aromatic amines is 1. The summed E-state index contributed by atoms with van der Waals surface area (Å²) in [5, 5.41) is 14.6. The van der Waals surface area contributed by atoms with Crippen LogP contribution < -0.4 is 15.8 Å². The number of nitro benzene ring substituents is 1. The lowest BCUT2D eigenvalue weighted by Crippen LogP contribution is -2.61. The van der Waals surface area contributed by atoms with Gasteiger partial charge in [-0.3, -0.25) is 19.7 Å². The number of amides is 1. The van der Waals surface area contributed by atoms with Gasteiger partial charge in [0, 0.05) is 54.6 Å². The van der Waals surface area contributed by atoms with E-state index < -0.39 is 10.8 Å². The molecule has 4 atom stereocenters. The highest BCUT2D eigenvalue weighted by Crippen LogP contribution is 2.47. The monoisotopic (exact) mass is 510 g/mol. The van der Waals surface area contributed by atoms with E-state index in [2.05, 4.69) is 20.2 Å². The molecule has 0 saturated carbocycles. The lowest BCUT2D eigenvalue weighted by molar-refractivity contribution is -0.384. The lowest BCUT2D eigenvalue weighted by atomic mass is 9.70. The number of rotatable bonds is 4. The van der Waals surface area contributed by atoms with Crippen molar-refractivity contribution in [1.82, 2.24) is 19.9 Å². The first-order valence-corrected chi connectivity index (χ1v) is 12.9. The van der Waals surface area contributed by atoms with Crippen LogP contribution in [0.15, 0.2) is 65.5 Å². The van der Waals surface area contributed by atoms with Crippen molar-refractivity contribution >= 4 is 28.3 Å². The Morgan fingerprint density at radius 1 is 1.13 bits per heavy atom. The molecule has 10 heteroatoms. The summed E-state index contributed by atoms with van der Waals surface area (Å²) in [7, 11) is 0. The molecule has 1 saturated heterocycles. The zero-order valence-electron chi connectivity index (χ0n) is 20.5. The van der Waals surface area contributed by atoms with Gasteiger partial charge in [0.25, 0.3) is 11.2 Å². The van der Waals surface area contributed by atoms with Gasteiger partial charge in [-0.05, 0) is 48.6 Å². The number of para-hydroxylation sites is 2. The van der Waals surface area contributed by atoms with Crippen molar-refractivity contribution in [2.45, 2.75) is 37.9 Å². The number of nitro groups is 1. The van der Waals surface area contributed by atoms with Crippen LogP contribution in [0.5, 0.6) is 0 Å². The van der Waals surface area contributed by atoms with E-state index in [0.29, 0.717) is 25.3 Å². The minimum Gasteiger partial charge on any atom is -0.366 e. The van der Waals surface area contributed by atoms with E-state index >= 15 is 0 Å². The van der Waals surface area contributed by atoms with E-state index in [9.17, 15) is 19.7 Å². The second-order valence-electron chi connectivity index (χ2n) is 10.5. The molecule has 1 amide bonds. The molecule has 10 nitrogen and oxygen atoms in total. The number of carbonyl (C=O) groups is 1. The van der Waals surface area contributed by atoms with Crippen LogP contribution in [0.4, 0.5) is 11.4 Å². The van der Waals surface area contributed by atoms with Crippen LogP contribution in [0.25, 0.3) is 11.0 Å². The Labute approximate surface area is 217 Å². The normalized spacial score (nSPS) is 23.3. The number of non-ortho nitro benzene ring substituents is 1. The zero-order chi connectivity index (χ0) is 26.0. The minimum atomic E-state index is -0.416. The van der Waals surface area contributed by atoms with E-state index in [1.165, 1.54) is 0 Å². The number of H-pyrrole nitrogens is 1. The third-order valence-corrected chi connectivity index (χ3v) is 8.41. The van der Waals surface area contributed by atoms with Crippen molar-refractivity contribution < 1.29 is 9.72 Å². The fourth-order valence-electron chi connectivity index (χ4n) is 6.84. The highest BCUT2D eigenvalue weighted by molar-refractivity contribution is 5.82. The molecule has 192 valence electrons. The summed E-state index contributed by atoms with van der Waals surface area (Å²) in [5.74, 6) is 0.402. The SMILES string of the molecule is O=C(NCc1nc2ccccc2[nH]1)[C@@H]1Cc2cc([N+](=O)[O-])ccc2N2CC3CC(Cn4c3cccc4=O)[C@@H]12. The third-order valence-electron chi connectivity index (χ3n) is 8.41. The maximum Gasteiger partial charge on any atom is 0.269 e. The van der Waals surface area contributed by atoms with Crippen LogP contribution in [-0.2, 0) is 24.3 Å². The molecule has 38 heavy (non-hydrogen) atoms. The molecule has 2 unspecified atom stereocenters. The second-order valence-corrected chi connectivity index (χ2v) is 10.5. The summed E-state index contributed by atoms with van der Waals surface area (Å²) in [5.41, 5.74) is 4.54. The average Bonchev–Trinajstić information content (AvgIpc) is 3.34. The largest absolute Gasteiger partial charge is 0.366 e. The summed E-state index contributed by atoms with van der Waals surface area (Å²) in [6, 6.07) is 18.0.